The third-order valence-corrected chi connectivity index (χ3v) is 4.51. The lowest BCUT2D eigenvalue weighted by Gasteiger charge is -2.10. The number of primary amides is 1. The molecule has 0 saturated carbocycles. The maximum absolute atomic E-state index is 13.2. The molecule has 2 N–H and O–H groups in total. The van der Waals surface area contributed by atoms with Gasteiger partial charge in [-0.05, 0) is 25.1 Å². The first kappa shape index (κ1) is 18.1. The van der Waals surface area contributed by atoms with Gasteiger partial charge in [0.25, 0.3) is 0 Å². The zero-order chi connectivity index (χ0) is 17.9. The number of nitrogens with two attached hydrogens (primary N) is 1. The van der Waals surface area contributed by atoms with Crippen LogP contribution in [0.4, 0.5) is 8.78 Å². The van der Waals surface area contributed by atoms with Crippen LogP contribution in [0.5, 0.6) is 0 Å². The highest BCUT2D eigenvalue weighted by atomic mass is 32.2. The minimum atomic E-state index is -1.06. The summed E-state index contributed by atoms with van der Waals surface area (Å²) in [5.74, 6) is -2.27. The molecule has 0 fully saturated rings. The van der Waals surface area contributed by atoms with E-state index in [1.54, 1.807) is 18.5 Å². The van der Waals surface area contributed by atoms with E-state index >= 15 is 0 Å². The molecule has 0 aliphatic carbocycles. The van der Waals surface area contributed by atoms with E-state index in [1.807, 2.05) is 0 Å². The Kier molecular flexibility index (Phi) is 5.66. The van der Waals surface area contributed by atoms with E-state index in [2.05, 4.69) is 10.2 Å². The quantitative estimate of drug-likeness (QED) is 0.605. The molecule has 0 saturated heterocycles. The first-order valence-corrected chi connectivity index (χ1v) is 8.00. The molecule has 1 aromatic carbocycles. The summed E-state index contributed by atoms with van der Waals surface area (Å²) < 4.78 is 27.9. The molecule has 0 bridgehead atoms. The van der Waals surface area contributed by atoms with Gasteiger partial charge in [-0.15, -0.1) is 10.2 Å². The van der Waals surface area contributed by atoms with Crippen LogP contribution >= 0.6 is 11.8 Å². The summed E-state index contributed by atoms with van der Waals surface area (Å²) in [4.78, 5) is 23.1. The number of aromatic nitrogens is 3. The number of hydrogen-bond donors (Lipinski definition) is 1. The fourth-order valence-electron chi connectivity index (χ4n) is 2.00. The van der Waals surface area contributed by atoms with E-state index in [0.29, 0.717) is 17.4 Å². The second-order valence-electron chi connectivity index (χ2n) is 5.18. The molecule has 0 radical (unpaired) electrons. The van der Waals surface area contributed by atoms with Crippen molar-refractivity contribution < 1.29 is 18.4 Å². The van der Waals surface area contributed by atoms with Crippen LogP contribution in [0.1, 0.15) is 29.5 Å². The van der Waals surface area contributed by atoms with Crippen molar-refractivity contribution in [1.29, 1.82) is 0 Å². The molecule has 1 atom stereocenters. The lowest BCUT2D eigenvalue weighted by molar-refractivity contribution is -0.118. The SMILES string of the molecule is C[C@@H](Sc1nnc(CCC(N)=O)n1C)C(=O)c1ccc(F)c(F)c1. The highest BCUT2D eigenvalue weighted by Gasteiger charge is 2.21. The van der Waals surface area contributed by atoms with Crippen molar-refractivity contribution in [3.05, 3.63) is 41.2 Å². The van der Waals surface area contributed by atoms with Gasteiger partial charge < -0.3 is 10.3 Å². The number of rotatable bonds is 7. The number of carbonyl (C=O) groups is 2. The summed E-state index contributed by atoms with van der Waals surface area (Å²) in [6, 6.07) is 3.04. The molecule has 2 aromatic rings. The van der Waals surface area contributed by atoms with Crippen molar-refractivity contribution in [2.45, 2.75) is 30.2 Å². The molecule has 1 heterocycles. The third kappa shape index (κ3) is 4.16. The number of ketones is 1. The summed E-state index contributed by atoms with van der Waals surface area (Å²) in [7, 11) is 1.72. The predicted molar refractivity (Wildman–Crippen MR) is 84.5 cm³/mol. The van der Waals surface area contributed by atoms with Gasteiger partial charge in [0.2, 0.25) is 5.91 Å². The average Bonchev–Trinajstić information content (AvgIpc) is 2.87. The van der Waals surface area contributed by atoms with Crippen LogP contribution in [0.2, 0.25) is 0 Å². The number of thioether (sulfide) groups is 1. The fourth-order valence-corrected chi connectivity index (χ4v) is 2.91. The molecule has 0 aliphatic heterocycles. The summed E-state index contributed by atoms with van der Waals surface area (Å²) in [6.45, 7) is 1.64. The number of benzene rings is 1. The number of hydrogen-bond acceptors (Lipinski definition) is 5. The van der Waals surface area contributed by atoms with Crippen molar-refractivity contribution >= 4 is 23.5 Å². The predicted octanol–water partition coefficient (Wildman–Crippen LogP) is 1.87. The Hall–Kier alpha value is -2.29. The Morgan fingerprint density at radius 1 is 1.29 bits per heavy atom. The minimum Gasteiger partial charge on any atom is -0.370 e. The Morgan fingerprint density at radius 3 is 2.62 bits per heavy atom. The van der Waals surface area contributed by atoms with Crippen molar-refractivity contribution in [3.8, 4) is 0 Å². The first-order valence-electron chi connectivity index (χ1n) is 7.12. The Morgan fingerprint density at radius 2 is 2.00 bits per heavy atom. The fraction of sp³-hybridized carbons (Fsp3) is 0.333. The van der Waals surface area contributed by atoms with Gasteiger partial charge >= 0.3 is 0 Å². The highest BCUT2D eigenvalue weighted by Crippen LogP contribution is 2.25. The van der Waals surface area contributed by atoms with E-state index in [1.165, 1.54) is 6.07 Å². The zero-order valence-electron chi connectivity index (χ0n) is 13.1. The average molecular weight is 354 g/mol. The van der Waals surface area contributed by atoms with Gasteiger partial charge in [-0.2, -0.15) is 0 Å². The molecular weight excluding hydrogens is 338 g/mol. The van der Waals surface area contributed by atoms with Gasteiger partial charge in [-0.3, -0.25) is 9.59 Å². The van der Waals surface area contributed by atoms with E-state index in [4.69, 9.17) is 5.73 Å². The van der Waals surface area contributed by atoms with Crippen molar-refractivity contribution in [2.75, 3.05) is 0 Å². The second kappa shape index (κ2) is 7.52. The molecule has 9 heteroatoms. The third-order valence-electron chi connectivity index (χ3n) is 3.38. The number of halogens is 2. The Balaban J connectivity index is 2.08. The number of nitrogens with zero attached hydrogens (tertiary/aromatic N) is 3. The standard InChI is InChI=1S/C15H16F2N4O2S/c1-8(14(23)9-3-4-10(16)11(17)7-9)24-15-20-19-13(21(15)2)6-5-12(18)22/h3-4,7-8H,5-6H2,1-2H3,(H2,18,22)/t8-/m1/s1. The van der Waals surface area contributed by atoms with Crippen LogP contribution in [-0.4, -0.2) is 31.7 Å². The van der Waals surface area contributed by atoms with E-state index in [-0.39, 0.29) is 17.8 Å². The van der Waals surface area contributed by atoms with E-state index < -0.39 is 22.8 Å². The van der Waals surface area contributed by atoms with Crippen LogP contribution in [0, 0.1) is 11.6 Å². The molecule has 0 aliphatic rings. The molecule has 0 unspecified atom stereocenters. The molecular formula is C15H16F2N4O2S. The lowest BCUT2D eigenvalue weighted by Crippen LogP contribution is -2.15. The Bertz CT molecular complexity index is 779. The van der Waals surface area contributed by atoms with E-state index in [9.17, 15) is 18.4 Å². The summed E-state index contributed by atoms with van der Waals surface area (Å²) in [6.07, 6.45) is 0.505. The Labute approximate surface area is 141 Å². The van der Waals surface area contributed by atoms with Crippen LogP contribution in [0.15, 0.2) is 23.4 Å². The monoisotopic (exact) mass is 354 g/mol. The summed E-state index contributed by atoms with van der Waals surface area (Å²) >= 11 is 1.15. The van der Waals surface area contributed by atoms with Crippen LogP contribution in [0.25, 0.3) is 0 Å². The molecule has 2 rings (SSSR count). The number of amides is 1. The van der Waals surface area contributed by atoms with Crippen molar-refractivity contribution in [2.24, 2.45) is 12.8 Å². The largest absolute Gasteiger partial charge is 0.370 e. The first-order chi connectivity index (χ1) is 11.3. The van der Waals surface area contributed by atoms with Gasteiger partial charge in [-0.25, -0.2) is 8.78 Å². The number of Topliss-reactive ketones (excluding diaryl/α,β-unsaturated/α-hetero) is 1. The molecule has 6 nitrogen and oxygen atoms in total. The lowest BCUT2D eigenvalue weighted by atomic mass is 10.1. The maximum Gasteiger partial charge on any atom is 0.217 e. The normalized spacial score (nSPS) is 12.2. The van der Waals surface area contributed by atoms with Gasteiger partial charge in [0, 0.05) is 25.5 Å². The molecule has 1 aromatic heterocycles. The van der Waals surface area contributed by atoms with Crippen LogP contribution < -0.4 is 5.73 Å². The summed E-state index contributed by atoms with van der Waals surface area (Å²) in [5.41, 5.74) is 5.19. The number of aryl methyl sites for hydroxylation is 1. The van der Waals surface area contributed by atoms with Crippen LogP contribution in [0.3, 0.4) is 0 Å². The second-order valence-corrected chi connectivity index (χ2v) is 6.49. The maximum atomic E-state index is 13.2. The van der Waals surface area contributed by atoms with Crippen LogP contribution in [-0.2, 0) is 18.3 Å². The molecule has 1 amide bonds. The molecule has 0 spiro atoms. The smallest absolute Gasteiger partial charge is 0.217 e. The molecule has 128 valence electrons. The van der Waals surface area contributed by atoms with Gasteiger partial charge in [-0.1, -0.05) is 11.8 Å². The molecule has 24 heavy (non-hydrogen) atoms. The van der Waals surface area contributed by atoms with Gasteiger partial charge in [0.1, 0.15) is 5.82 Å². The van der Waals surface area contributed by atoms with Crippen molar-refractivity contribution in [3.63, 3.8) is 0 Å². The van der Waals surface area contributed by atoms with Crippen molar-refractivity contribution in [1.82, 2.24) is 14.8 Å². The highest BCUT2D eigenvalue weighted by molar-refractivity contribution is 8.00. The topological polar surface area (TPSA) is 90.9 Å². The van der Waals surface area contributed by atoms with Gasteiger partial charge in [0.05, 0.1) is 5.25 Å². The van der Waals surface area contributed by atoms with E-state index in [0.717, 1.165) is 23.9 Å². The summed E-state index contributed by atoms with van der Waals surface area (Å²) in [5, 5.41) is 7.86. The number of carbonyl (C=O) groups excluding carboxylic acids is 2. The zero-order valence-corrected chi connectivity index (χ0v) is 13.9. The minimum absolute atomic E-state index is 0.0880. The van der Waals surface area contributed by atoms with Gasteiger partial charge in [0.15, 0.2) is 22.6 Å².